The van der Waals surface area contributed by atoms with Crippen molar-refractivity contribution >= 4 is 39.8 Å². The van der Waals surface area contributed by atoms with E-state index in [1.165, 1.54) is 0 Å². The molecule has 1 fully saturated rings. The second-order valence-corrected chi connectivity index (χ2v) is 8.46. The molecule has 1 N–H and O–H groups in total. The van der Waals surface area contributed by atoms with Crippen molar-refractivity contribution in [1.82, 2.24) is 9.55 Å². The van der Waals surface area contributed by atoms with Crippen molar-refractivity contribution in [3.05, 3.63) is 93.5 Å². The van der Waals surface area contributed by atoms with Gasteiger partial charge in [0.05, 0.1) is 46.2 Å². The third kappa shape index (κ3) is 4.16. The normalized spacial score (nSPS) is 13.8. The van der Waals surface area contributed by atoms with Crippen molar-refractivity contribution < 1.29 is 9.53 Å². The van der Waals surface area contributed by atoms with Crippen molar-refractivity contribution in [3.63, 3.8) is 0 Å². The monoisotopic (exact) mass is 474 g/mol. The Morgan fingerprint density at radius 1 is 1.00 bits per heavy atom. The molecular formula is C26H23ClN4O3. The Balaban J connectivity index is 1.42. The van der Waals surface area contributed by atoms with Crippen LogP contribution in [0.1, 0.15) is 16.2 Å². The first kappa shape index (κ1) is 22.1. The molecule has 1 aliphatic rings. The maximum Gasteiger partial charge on any atom is 0.265 e. The summed E-state index contributed by atoms with van der Waals surface area (Å²) in [6.45, 7) is 4.43. The van der Waals surface area contributed by atoms with E-state index in [-0.39, 0.29) is 11.5 Å². The Bertz CT molecular complexity index is 1430. The second kappa shape index (κ2) is 9.29. The number of aromatic nitrogens is 2. The van der Waals surface area contributed by atoms with Crippen LogP contribution in [0.4, 0.5) is 11.4 Å². The Morgan fingerprint density at radius 2 is 1.74 bits per heavy atom. The predicted molar refractivity (Wildman–Crippen MR) is 135 cm³/mol. The number of rotatable bonds is 4. The average Bonchev–Trinajstić information content (AvgIpc) is 2.85. The quantitative estimate of drug-likeness (QED) is 0.473. The summed E-state index contributed by atoms with van der Waals surface area (Å²) in [5.74, 6) is 0.319. The van der Waals surface area contributed by atoms with Gasteiger partial charge in [-0.3, -0.25) is 14.2 Å². The number of nitrogens with zero attached hydrogens (tertiary/aromatic N) is 3. The number of para-hydroxylation sites is 2. The molecule has 172 valence electrons. The SMILES string of the molecule is Cc1nc2ccccc2c(=O)n1-c1ccc(C(=O)Nc2cccc(Cl)c2N2CCOCC2)cc1. The van der Waals surface area contributed by atoms with Crippen LogP contribution in [0, 0.1) is 6.92 Å². The molecule has 2 heterocycles. The number of halogens is 1. The smallest absolute Gasteiger partial charge is 0.265 e. The van der Waals surface area contributed by atoms with Gasteiger partial charge in [0, 0.05) is 18.7 Å². The molecule has 0 spiro atoms. The molecule has 1 aromatic heterocycles. The molecule has 34 heavy (non-hydrogen) atoms. The van der Waals surface area contributed by atoms with Gasteiger partial charge in [0.1, 0.15) is 5.82 Å². The first-order valence-electron chi connectivity index (χ1n) is 11.0. The third-order valence-electron chi connectivity index (χ3n) is 5.89. The summed E-state index contributed by atoms with van der Waals surface area (Å²) in [4.78, 5) is 32.7. The van der Waals surface area contributed by atoms with E-state index in [0.717, 1.165) is 5.69 Å². The Morgan fingerprint density at radius 3 is 2.50 bits per heavy atom. The Hall–Kier alpha value is -3.68. The van der Waals surface area contributed by atoms with E-state index in [4.69, 9.17) is 16.3 Å². The van der Waals surface area contributed by atoms with E-state index in [9.17, 15) is 9.59 Å². The van der Waals surface area contributed by atoms with Gasteiger partial charge < -0.3 is 15.0 Å². The van der Waals surface area contributed by atoms with Crippen molar-refractivity contribution in [3.8, 4) is 5.69 Å². The first-order chi connectivity index (χ1) is 16.5. The molecule has 7 nitrogen and oxygen atoms in total. The number of carbonyl (C=O) groups is 1. The van der Waals surface area contributed by atoms with Gasteiger partial charge in [0.2, 0.25) is 0 Å². The highest BCUT2D eigenvalue weighted by molar-refractivity contribution is 6.34. The molecule has 3 aromatic carbocycles. The lowest BCUT2D eigenvalue weighted by Crippen LogP contribution is -2.37. The van der Waals surface area contributed by atoms with E-state index in [1.54, 1.807) is 41.8 Å². The number of fused-ring (bicyclic) bond motifs is 1. The van der Waals surface area contributed by atoms with Crippen LogP contribution < -0.4 is 15.8 Å². The van der Waals surface area contributed by atoms with Crippen molar-refractivity contribution in [2.45, 2.75) is 6.92 Å². The lowest BCUT2D eigenvalue weighted by Gasteiger charge is -2.31. The number of anilines is 2. The zero-order chi connectivity index (χ0) is 23.7. The molecule has 4 aromatic rings. The minimum absolute atomic E-state index is 0.144. The average molecular weight is 475 g/mol. The van der Waals surface area contributed by atoms with Crippen molar-refractivity contribution in [2.24, 2.45) is 0 Å². The van der Waals surface area contributed by atoms with Crippen molar-refractivity contribution in [2.75, 3.05) is 36.5 Å². The Labute approximate surface area is 201 Å². The highest BCUT2D eigenvalue weighted by atomic mass is 35.5. The summed E-state index contributed by atoms with van der Waals surface area (Å²) in [5.41, 5.74) is 3.07. The first-order valence-corrected chi connectivity index (χ1v) is 11.4. The highest BCUT2D eigenvalue weighted by Crippen LogP contribution is 2.34. The van der Waals surface area contributed by atoms with E-state index in [2.05, 4.69) is 15.2 Å². The molecule has 0 aliphatic carbocycles. The number of nitrogens with one attached hydrogen (secondary N) is 1. The van der Waals surface area contributed by atoms with Gasteiger partial charge in [0.25, 0.3) is 11.5 Å². The molecule has 0 atom stereocenters. The number of ether oxygens (including phenoxy) is 1. The Kier molecular flexibility index (Phi) is 6.04. The van der Waals surface area contributed by atoms with E-state index in [1.807, 2.05) is 36.4 Å². The fraction of sp³-hybridized carbons (Fsp3) is 0.192. The van der Waals surface area contributed by atoms with Crippen LogP contribution in [0.15, 0.2) is 71.5 Å². The zero-order valence-electron chi connectivity index (χ0n) is 18.6. The lowest BCUT2D eigenvalue weighted by atomic mass is 10.1. The summed E-state index contributed by atoms with van der Waals surface area (Å²) in [7, 11) is 0. The molecule has 5 rings (SSSR count). The van der Waals surface area contributed by atoms with Crippen LogP contribution >= 0.6 is 11.6 Å². The van der Waals surface area contributed by atoms with Gasteiger partial charge >= 0.3 is 0 Å². The second-order valence-electron chi connectivity index (χ2n) is 8.05. The van der Waals surface area contributed by atoms with Gasteiger partial charge in [0.15, 0.2) is 0 Å². The minimum Gasteiger partial charge on any atom is -0.378 e. The van der Waals surface area contributed by atoms with Crippen LogP contribution in [-0.2, 0) is 4.74 Å². The van der Waals surface area contributed by atoms with Gasteiger partial charge in [-0.15, -0.1) is 0 Å². The topological polar surface area (TPSA) is 76.5 Å². The fourth-order valence-corrected chi connectivity index (χ4v) is 4.52. The predicted octanol–water partition coefficient (Wildman–Crippen LogP) is 4.44. The molecule has 0 saturated carbocycles. The van der Waals surface area contributed by atoms with Crippen LogP contribution in [-0.4, -0.2) is 41.8 Å². The number of hydrogen-bond acceptors (Lipinski definition) is 5. The summed E-state index contributed by atoms with van der Waals surface area (Å²) in [5, 5.41) is 4.11. The molecule has 8 heteroatoms. The van der Waals surface area contributed by atoms with Gasteiger partial charge in [-0.25, -0.2) is 4.98 Å². The van der Waals surface area contributed by atoms with Crippen molar-refractivity contribution in [1.29, 1.82) is 0 Å². The standard InChI is InChI=1S/C26H23ClN4O3/c1-17-28-22-7-3-2-5-20(22)26(33)31(17)19-11-9-18(10-12-19)25(32)29-23-8-4-6-21(27)24(23)30-13-15-34-16-14-30/h2-12H,13-16H2,1H3,(H,29,32). The fourth-order valence-electron chi connectivity index (χ4n) is 4.23. The van der Waals surface area contributed by atoms with Crippen LogP contribution in [0.5, 0.6) is 0 Å². The van der Waals surface area contributed by atoms with E-state index < -0.39 is 0 Å². The summed E-state index contributed by atoms with van der Waals surface area (Å²) in [6.07, 6.45) is 0. The minimum atomic E-state index is -0.260. The summed E-state index contributed by atoms with van der Waals surface area (Å²) >= 11 is 6.48. The maximum absolute atomic E-state index is 13.0. The van der Waals surface area contributed by atoms with E-state index >= 15 is 0 Å². The van der Waals surface area contributed by atoms with Crippen LogP contribution in [0.25, 0.3) is 16.6 Å². The van der Waals surface area contributed by atoms with Gasteiger partial charge in [-0.05, 0) is 55.5 Å². The van der Waals surface area contributed by atoms with Gasteiger partial charge in [-0.2, -0.15) is 0 Å². The van der Waals surface area contributed by atoms with Gasteiger partial charge in [-0.1, -0.05) is 29.8 Å². The van der Waals surface area contributed by atoms with E-state index in [0.29, 0.717) is 65.0 Å². The maximum atomic E-state index is 13.0. The lowest BCUT2D eigenvalue weighted by molar-refractivity contribution is 0.102. The summed E-state index contributed by atoms with van der Waals surface area (Å²) < 4.78 is 6.99. The summed E-state index contributed by atoms with van der Waals surface area (Å²) in [6, 6.07) is 19.6. The molecule has 1 aliphatic heterocycles. The van der Waals surface area contributed by atoms with Crippen LogP contribution in [0.2, 0.25) is 5.02 Å². The molecule has 0 bridgehead atoms. The number of morpholine rings is 1. The highest BCUT2D eigenvalue weighted by Gasteiger charge is 2.19. The number of carbonyl (C=O) groups excluding carboxylic acids is 1. The molecule has 0 radical (unpaired) electrons. The number of benzene rings is 3. The number of aryl methyl sites for hydroxylation is 1. The zero-order valence-corrected chi connectivity index (χ0v) is 19.4. The number of hydrogen-bond donors (Lipinski definition) is 1. The number of amides is 1. The molecule has 1 saturated heterocycles. The molecule has 1 amide bonds. The molecular weight excluding hydrogens is 452 g/mol. The molecule has 0 unspecified atom stereocenters. The van der Waals surface area contributed by atoms with Crippen LogP contribution in [0.3, 0.4) is 0 Å². The largest absolute Gasteiger partial charge is 0.378 e. The third-order valence-corrected chi connectivity index (χ3v) is 6.20.